The molecule has 5 nitrogen and oxygen atoms in total. The van der Waals surface area contributed by atoms with Crippen LogP contribution in [-0.2, 0) is 17.8 Å². The molecule has 0 aliphatic carbocycles. The number of aliphatic hydroxyl groups is 1. The second-order valence-electron chi connectivity index (χ2n) is 3.27. The summed E-state index contributed by atoms with van der Waals surface area (Å²) < 4.78 is 44.1. The molecule has 1 atom stereocenters. The monoisotopic (exact) mass is 240 g/mol. The summed E-state index contributed by atoms with van der Waals surface area (Å²) in [4.78, 5) is 3.74. The van der Waals surface area contributed by atoms with Crippen LogP contribution in [0.5, 0.6) is 0 Å². The highest BCUT2D eigenvalue weighted by molar-refractivity contribution is 4.85. The van der Waals surface area contributed by atoms with Crippen LogP contribution >= 0.6 is 0 Å². The van der Waals surface area contributed by atoms with E-state index in [1.807, 2.05) is 0 Å². The number of aromatic nitrogens is 2. The predicted molar refractivity (Wildman–Crippen MR) is 45.4 cm³/mol. The van der Waals surface area contributed by atoms with E-state index >= 15 is 0 Å². The van der Waals surface area contributed by atoms with Crippen molar-refractivity contribution in [2.45, 2.75) is 32.2 Å². The second-order valence-corrected chi connectivity index (χ2v) is 3.27. The van der Waals surface area contributed by atoms with Crippen LogP contribution in [-0.4, -0.2) is 34.1 Å². The molecule has 0 fully saturated rings. The van der Waals surface area contributed by atoms with Gasteiger partial charge in [0.25, 0.3) is 0 Å². The Hall–Kier alpha value is -1.15. The van der Waals surface area contributed by atoms with E-state index < -0.39 is 18.9 Å². The Morgan fingerprint density at radius 1 is 1.50 bits per heavy atom. The van der Waals surface area contributed by atoms with Gasteiger partial charge in [-0.3, -0.25) is 0 Å². The van der Waals surface area contributed by atoms with Crippen LogP contribution in [0.15, 0.2) is 4.52 Å². The molecule has 1 aromatic rings. The first-order valence-corrected chi connectivity index (χ1v) is 4.51. The van der Waals surface area contributed by atoms with Gasteiger partial charge in [0.1, 0.15) is 13.2 Å². The van der Waals surface area contributed by atoms with Gasteiger partial charge in [0, 0.05) is 0 Å². The summed E-state index contributed by atoms with van der Waals surface area (Å²) in [7, 11) is 0. The number of hydrogen-bond acceptors (Lipinski definition) is 5. The average molecular weight is 240 g/mol. The molecule has 0 aromatic carbocycles. The SMILES string of the molecule is CC(O)Cc1nc(COCC(F)(F)F)no1. The van der Waals surface area contributed by atoms with E-state index in [-0.39, 0.29) is 24.7 Å². The van der Waals surface area contributed by atoms with E-state index in [9.17, 15) is 13.2 Å². The molecule has 0 bridgehead atoms. The van der Waals surface area contributed by atoms with Crippen molar-refractivity contribution < 1.29 is 27.5 Å². The molecule has 0 saturated carbocycles. The zero-order valence-corrected chi connectivity index (χ0v) is 8.49. The number of ether oxygens (including phenoxy) is 1. The van der Waals surface area contributed by atoms with Crippen LogP contribution in [0.1, 0.15) is 18.6 Å². The average Bonchev–Trinajstić information content (AvgIpc) is 2.49. The molecule has 1 N–H and O–H groups in total. The van der Waals surface area contributed by atoms with E-state index in [4.69, 9.17) is 5.11 Å². The molecule has 1 unspecified atom stereocenters. The van der Waals surface area contributed by atoms with Crippen LogP contribution < -0.4 is 0 Å². The van der Waals surface area contributed by atoms with Gasteiger partial charge in [0.05, 0.1) is 12.5 Å². The van der Waals surface area contributed by atoms with Crippen molar-refractivity contribution in [1.29, 1.82) is 0 Å². The Morgan fingerprint density at radius 2 is 2.19 bits per heavy atom. The van der Waals surface area contributed by atoms with Crippen LogP contribution in [0, 0.1) is 0 Å². The van der Waals surface area contributed by atoms with Crippen molar-refractivity contribution in [3.05, 3.63) is 11.7 Å². The fourth-order valence-electron chi connectivity index (χ4n) is 0.942. The summed E-state index contributed by atoms with van der Waals surface area (Å²) in [6, 6.07) is 0. The van der Waals surface area contributed by atoms with Crippen molar-refractivity contribution in [3.63, 3.8) is 0 Å². The molecule has 1 aromatic heterocycles. The lowest BCUT2D eigenvalue weighted by atomic mass is 10.3. The highest BCUT2D eigenvalue weighted by Crippen LogP contribution is 2.15. The molecule has 16 heavy (non-hydrogen) atoms. The number of hydrogen-bond donors (Lipinski definition) is 1. The number of alkyl halides is 3. The van der Waals surface area contributed by atoms with Crippen LogP contribution in [0.2, 0.25) is 0 Å². The van der Waals surface area contributed by atoms with Gasteiger partial charge < -0.3 is 14.4 Å². The highest BCUT2D eigenvalue weighted by atomic mass is 19.4. The largest absolute Gasteiger partial charge is 0.411 e. The van der Waals surface area contributed by atoms with E-state index in [1.54, 1.807) is 0 Å². The van der Waals surface area contributed by atoms with E-state index in [0.717, 1.165) is 0 Å². The smallest absolute Gasteiger partial charge is 0.393 e. The first-order valence-electron chi connectivity index (χ1n) is 4.51. The zero-order chi connectivity index (χ0) is 12.2. The lowest BCUT2D eigenvalue weighted by molar-refractivity contribution is -0.177. The summed E-state index contributed by atoms with van der Waals surface area (Å²) in [5.74, 6) is 0.195. The number of aliphatic hydroxyl groups excluding tert-OH is 1. The van der Waals surface area contributed by atoms with E-state index in [0.29, 0.717) is 0 Å². The molecule has 0 spiro atoms. The quantitative estimate of drug-likeness (QED) is 0.833. The van der Waals surface area contributed by atoms with Crippen LogP contribution in [0.4, 0.5) is 13.2 Å². The predicted octanol–water partition coefficient (Wildman–Crippen LogP) is 1.07. The molecule has 1 heterocycles. The first kappa shape index (κ1) is 12.9. The normalized spacial score (nSPS) is 14.1. The van der Waals surface area contributed by atoms with Gasteiger partial charge in [0.15, 0.2) is 5.82 Å². The van der Waals surface area contributed by atoms with Gasteiger partial charge >= 0.3 is 6.18 Å². The summed E-state index contributed by atoms with van der Waals surface area (Å²) in [5, 5.41) is 12.4. The minimum Gasteiger partial charge on any atom is -0.393 e. The molecule has 8 heteroatoms. The highest BCUT2D eigenvalue weighted by Gasteiger charge is 2.27. The number of nitrogens with zero attached hydrogens (tertiary/aromatic N) is 2. The van der Waals surface area contributed by atoms with Gasteiger partial charge in [-0.1, -0.05) is 5.16 Å². The van der Waals surface area contributed by atoms with Gasteiger partial charge in [-0.25, -0.2) is 0 Å². The summed E-state index contributed by atoms with van der Waals surface area (Å²) in [5.41, 5.74) is 0. The maximum absolute atomic E-state index is 11.7. The molecule has 0 aliphatic heterocycles. The summed E-state index contributed by atoms with van der Waals surface area (Å²) in [6.07, 6.45) is -4.86. The Balaban J connectivity index is 2.35. The molecule has 0 amide bonds. The number of rotatable bonds is 5. The fourth-order valence-corrected chi connectivity index (χ4v) is 0.942. The number of halogens is 3. The van der Waals surface area contributed by atoms with Crippen molar-refractivity contribution in [2.24, 2.45) is 0 Å². The molecule has 92 valence electrons. The second kappa shape index (κ2) is 5.26. The van der Waals surface area contributed by atoms with Crippen LogP contribution in [0.25, 0.3) is 0 Å². The third-order valence-electron chi connectivity index (χ3n) is 1.48. The first-order chi connectivity index (χ1) is 7.37. The standard InChI is InChI=1S/C8H11F3N2O3/c1-5(14)2-7-12-6(13-16-7)3-15-4-8(9,10)11/h5,14H,2-4H2,1H3. The van der Waals surface area contributed by atoms with Crippen LogP contribution in [0.3, 0.4) is 0 Å². The molecule has 0 saturated heterocycles. The van der Waals surface area contributed by atoms with Crippen molar-refractivity contribution >= 4 is 0 Å². The van der Waals surface area contributed by atoms with E-state index in [2.05, 4.69) is 19.4 Å². The summed E-state index contributed by atoms with van der Waals surface area (Å²) >= 11 is 0. The summed E-state index contributed by atoms with van der Waals surface area (Å²) in [6.45, 7) is -0.194. The Morgan fingerprint density at radius 3 is 2.75 bits per heavy atom. The maximum Gasteiger partial charge on any atom is 0.411 e. The van der Waals surface area contributed by atoms with Gasteiger partial charge in [-0.2, -0.15) is 18.2 Å². The Labute approximate surface area is 89.2 Å². The van der Waals surface area contributed by atoms with Crippen molar-refractivity contribution in [1.82, 2.24) is 10.1 Å². The Kier molecular flexibility index (Phi) is 4.25. The molecule has 0 radical (unpaired) electrons. The fraction of sp³-hybridized carbons (Fsp3) is 0.750. The van der Waals surface area contributed by atoms with E-state index in [1.165, 1.54) is 6.92 Å². The van der Waals surface area contributed by atoms with Gasteiger partial charge in [-0.15, -0.1) is 0 Å². The lowest BCUT2D eigenvalue weighted by Crippen LogP contribution is -2.17. The molecular formula is C8H11F3N2O3. The lowest BCUT2D eigenvalue weighted by Gasteiger charge is -2.04. The molecule has 1 rings (SSSR count). The van der Waals surface area contributed by atoms with Crippen molar-refractivity contribution in [2.75, 3.05) is 6.61 Å². The molecule has 0 aliphatic rings. The van der Waals surface area contributed by atoms with Crippen molar-refractivity contribution in [3.8, 4) is 0 Å². The minimum absolute atomic E-state index is 0.0277. The molecular weight excluding hydrogens is 229 g/mol. The minimum atomic E-state index is -4.37. The topological polar surface area (TPSA) is 68.4 Å². The van der Waals surface area contributed by atoms with Gasteiger partial charge in [-0.05, 0) is 6.92 Å². The third kappa shape index (κ3) is 5.08. The third-order valence-corrected chi connectivity index (χ3v) is 1.48. The maximum atomic E-state index is 11.7. The zero-order valence-electron chi connectivity index (χ0n) is 8.49. The van der Waals surface area contributed by atoms with Gasteiger partial charge in [0.2, 0.25) is 5.89 Å². The Bertz CT molecular complexity index is 325.